The van der Waals surface area contributed by atoms with Crippen molar-refractivity contribution in [1.82, 2.24) is 0 Å². The van der Waals surface area contributed by atoms with Gasteiger partial charge >= 0.3 is 0 Å². The Bertz CT molecular complexity index is 639. The van der Waals surface area contributed by atoms with E-state index in [0.717, 1.165) is 12.0 Å². The Balaban J connectivity index is 3.75. The summed E-state index contributed by atoms with van der Waals surface area (Å²) in [5.41, 5.74) is 1.09. The molecule has 0 heterocycles. The quantitative estimate of drug-likeness (QED) is 0.462. The lowest BCUT2D eigenvalue weighted by Crippen LogP contribution is -2.69. The van der Waals surface area contributed by atoms with Gasteiger partial charge in [-0.3, -0.25) is 4.79 Å². The summed E-state index contributed by atoms with van der Waals surface area (Å²) in [6.45, 7) is 22.5. The fourth-order valence-corrected chi connectivity index (χ4v) is 8.32. The van der Waals surface area contributed by atoms with Crippen molar-refractivity contribution in [2.24, 2.45) is 10.8 Å². The largest absolute Gasteiger partial charge is 0.422 e. The summed E-state index contributed by atoms with van der Waals surface area (Å²) in [4.78, 5) is 13.7. The number of carbonyl (C=O) groups is 1. The van der Waals surface area contributed by atoms with Gasteiger partial charge in [0.05, 0.1) is 23.3 Å². The van der Waals surface area contributed by atoms with Crippen LogP contribution in [0.4, 0.5) is 5.69 Å². The molecule has 0 saturated carbocycles. The molecular formula is C23H43NO3Si2. The summed E-state index contributed by atoms with van der Waals surface area (Å²) in [5, 5.41) is 0. The number of anilines is 1. The third-order valence-corrected chi connectivity index (χ3v) is 6.71. The zero-order chi connectivity index (χ0) is 22.8. The maximum absolute atomic E-state index is 11.2. The third kappa shape index (κ3) is 5.60. The minimum atomic E-state index is -0.310. The Morgan fingerprint density at radius 1 is 0.759 bits per heavy atom. The molecule has 1 aromatic rings. The molecule has 0 N–H and O–H groups in total. The van der Waals surface area contributed by atoms with Gasteiger partial charge in [0, 0.05) is 11.3 Å². The average Bonchev–Trinajstić information content (AvgIpc) is 2.52. The number of carbonyl (C=O) groups excluding carboxylic acids is 1. The summed E-state index contributed by atoms with van der Waals surface area (Å²) >= 11 is 0. The molecule has 0 spiro atoms. The van der Waals surface area contributed by atoms with Gasteiger partial charge in [-0.15, -0.1) is 0 Å². The van der Waals surface area contributed by atoms with Crippen LogP contribution >= 0.6 is 0 Å². The molecule has 0 radical (unpaired) electrons. The topological polar surface area (TPSA) is 38.8 Å². The van der Waals surface area contributed by atoms with Gasteiger partial charge < -0.3 is 13.8 Å². The highest BCUT2D eigenvalue weighted by atomic mass is 28.2. The Labute approximate surface area is 184 Å². The molecule has 0 aliphatic carbocycles. The summed E-state index contributed by atoms with van der Waals surface area (Å²) in [6.07, 6.45) is 0.949. The highest BCUT2D eigenvalue weighted by molar-refractivity contribution is 5.98. The fourth-order valence-electron chi connectivity index (χ4n) is 5.75. The summed E-state index contributed by atoms with van der Waals surface area (Å²) in [7, 11) is 1.34. The number of nitrogens with zero attached hydrogens (tertiary/aromatic N) is 1. The Kier molecular flexibility index (Phi) is 8.13. The summed E-state index contributed by atoms with van der Waals surface area (Å²) < 4.78 is 12.5. The van der Waals surface area contributed by atoms with Crippen LogP contribution in [0, 0.1) is 10.8 Å². The first-order valence-electron chi connectivity index (χ1n) is 10.5. The van der Waals surface area contributed by atoms with Gasteiger partial charge in [-0.1, -0.05) is 41.5 Å². The second-order valence-corrected chi connectivity index (χ2v) is 12.3. The van der Waals surface area contributed by atoms with E-state index in [2.05, 4.69) is 74.1 Å². The first-order valence-corrected chi connectivity index (χ1v) is 12.1. The minimum absolute atomic E-state index is 0.0264. The first kappa shape index (κ1) is 26.1. The average molecular weight is 438 g/mol. The molecule has 0 aliphatic heterocycles. The van der Waals surface area contributed by atoms with Crippen LogP contribution in [0.3, 0.4) is 0 Å². The lowest BCUT2D eigenvalue weighted by atomic mass is 9.71. The van der Waals surface area contributed by atoms with E-state index in [1.807, 2.05) is 24.3 Å². The second kappa shape index (κ2) is 9.04. The number of aldehydes is 1. The van der Waals surface area contributed by atoms with Gasteiger partial charge in [0.15, 0.2) is 0 Å². The summed E-state index contributed by atoms with van der Waals surface area (Å²) in [5.74, 6) is 0. The lowest BCUT2D eigenvalue weighted by molar-refractivity contribution is -0.00981. The van der Waals surface area contributed by atoms with Crippen LogP contribution in [-0.2, 0) is 8.85 Å². The molecule has 0 fully saturated rings. The lowest BCUT2D eigenvalue weighted by Gasteiger charge is -2.59. The second-order valence-electron chi connectivity index (χ2n) is 11.3. The van der Waals surface area contributed by atoms with Gasteiger partial charge in [-0.05, 0) is 62.8 Å². The predicted octanol–water partition coefficient (Wildman–Crippen LogP) is 3.29. The number of hydrogen-bond acceptors (Lipinski definition) is 4. The Morgan fingerprint density at radius 3 is 1.34 bits per heavy atom. The fraction of sp³-hybridized carbons (Fsp3) is 0.696. The first-order chi connectivity index (χ1) is 13.0. The molecular weight excluding hydrogens is 394 g/mol. The van der Waals surface area contributed by atoms with E-state index < -0.39 is 0 Å². The number of benzene rings is 1. The molecule has 6 heteroatoms. The van der Waals surface area contributed by atoms with E-state index in [1.165, 1.54) is 0 Å². The zero-order valence-electron chi connectivity index (χ0n) is 20.7. The normalized spacial score (nSPS) is 15.9. The monoisotopic (exact) mass is 437 g/mol. The maximum atomic E-state index is 11.2. The molecule has 2 atom stereocenters. The highest BCUT2D eigenvalue weighted by Crippen LogP contribution is 2.44. The zero-order valence-corrected chi connectivity index (χ0v) is 24.7. The van der Waals surface area contributed by atoms with Crippen molar-refractivity contribution >= 4 is 32.9 Å². The van der Waals surface area contributed by atoms with Crippen molar-refractivity contribution in [3.8, 4) is 0 Å². The molecule has 0 aromatic heterocycles. The molecule has 1 aromatic carbocycles. The molecule has 0 aliphatic rings. The molecule has 166 valence electrons. The molecule has 29 heavy (non-hydrogen) atoms. The molecule has 0 amide bonds. The molecule has 4 nitrogen and oxygen atoms in total. The van der Waals surface area contributed by atoms with Gasteiger partial charge in [0.1, 0.15) is 27.3 Å². The van der Waals surface area contributed by atoms with Crippen molar-refractivity contribution in [3.05, 3.63) is 29.8 Å². The van der Waals surface area contributed by atoms with E-state index in [0.29, 0.717) is 26.5 Å². The van der Waals surface area contributed by atoms with E-state index in [1.54, 1.807) is 0 Å². The SMILES string of the molecule is CC(C)(C)C(O[SiH3])C(C)(C)N(c1ccc(C=O)cc1)C(C)(C)C(O[SiH3])C(C)(C)C. The van der Waals surface area contributed by atoms with Gasteiger partial charge in [0.25, 0.3) is 0 Å². The van der Waals surface area contributed by atoms with E-state index >= 15 is 0 Å². The molecule has 1 rings (SSSR count). The highest BCUT2D eigenvalue weighted by Gasteiger charge is 2.51. The molecule has 0 saturated heterocycles. The van der Waals surface area contributed by atoms with Crippen LogP contribution in [-0.4, -0.2) is 50.5 Å². The number of rotatable bonds is 8. The van der Waals surface area contributed by atoms with Crippen LogP contribution in [0.5, 0.6) is 0 Å². The minimum Gasteiger partial charge on any atom is -0.422 e. The van der Waals surface area contributed by atoms with Crippen molar-refractivity contribution in [2.75, 3.05) is 4.90 Å². The van der Waals surface area contributed by atoms with E-state index in [4.69, 9.17) is 8.85 Å². The van der Waals surface area contributed by atoms with Crippen LogP contribution in [0.2, 0.25) is 0 Å². The van der Waals surface area contributed by atoms with E-state index in [-0.39, 0.29) is 34.1 Å². The van der Waals surface area contributed by atoms with E-state index in [9.17, 15) is 4.79 Å². The molecule has 2 unspecified atom stereocenters. The van der Waals surface area contributed by atoms with Crippen LogP contribution < -0.4 is 4.90 Å². The number of hydrogen-bond donors (Lipinski definition) is 0. The summed E-state index contributed by atoms with van der Waals surface area (Å²) in [6, 6.07) is 7.88. The van der Waals surface area contributed by atoms with Crippen LogP contribution in [0.15, 0.2) is 24.3 Å². The maximum Gasteiger partial charge on any atom is 0.150 e. The van der Waals surface area contributed by atoms with Gasteiger partial charge in [-0.2, -0.15) is 0 Å². The smallest absolute Gasteiger partial charge is 0.150 e. The van der Waals surface area contributed by atoms with Gasteiger partial charge in [-0.25, -0.2) is 0 Å². The van der Waals surface area contributed by atoms with Gasteiger partial charge in [0.2, 0.25) is 0 Å². The van der Waals surface area contributed by atoms with Crippen molar-refractivity contribution in [3.63, 3.8) is 0 Å². The standard InChI is InChI=1S/C23H43NO3Si2/c1-20(2,3)18(26-28)22(7,8)24(17-13-11-16(15-25)12-14-17)23(9,10)19(27-29)21(4,5)6/h11-15,18-19H,1-10,28-29H3. The predicted molar refractivity (Wildman–Crippen MR) is 131 cm³/mol. The van der Waals surface area contributed by atoms with Crippen molar-refractivity contribution in [1.29, 1.82) is 0 Å². The third-order valence-electron chi connectivity index (χ3n) is 5.77. The van der Waals surface area contributed by atoms with Crippen LogP contribution in [0.25, 0.3) is 0 Å². The van der Waals surface area contributed by atoms with Crippen LogP contribution in [0.1, 0.15) is 79.6 Å². The van der Waals surface area contributed by atoms with Crippen molar-refractivity contribution in [2.45, 2.75) is 92.5 Å². The molecule has 0 bridgehead atoms. The Hall–Kier alpha value is -0.956. The Morgan fingerprint density at radius 2 is 1.10 bits per heavy atom. The van der Waals surface area contributed by atoms with Crippen molar-refractivity contribution < 1.29 is 13.6 Å².